The molecule has 2 amide bonds. The number of hydrogen-bond donors (Lipinski definition) is 6. The SMILES string of the molecule is O=C(CCC(=O)N/N=C\c1ccc(O)cc1O)N/N=C\c1ccc(O)cc1O. The lowest BCUT2D eigenvalue weighted by Gasteiger charge is -2.02. The van der Waals surface area contributed by atoms with Gasteiger partial charge in [0.15, 0.2) is 0 Å². The largest absolute Gasteiger partial charge is 0.508 e. The van der Waals surface area contributed by atoms with Crippen molar-refractivity contribution in [3.05, 3.63) is 47.5 Å². The number of carbonyl (C=O) groups is 2. The fraction of sp³-hybridized carbons (Fsp3) is 0.111. The number of nitrogens with one attached hydrogen (secondary N) is 2. The molecular weight excluding hydrogens is 368 g/mol. The third-order valence-electron chi connectivity index (χ3n) is 3.39. The van der Waals surface area contributed by atoms with E-state index in [2.05, 4.69) is 21.1 Å². The average molecular weight is 386 g/mol. The Kier molecular flexibility index (Phi) is 6.92. The van der Waals surface area contributed by atoms with Gasteiger partial charge in [0.05, 0.1) is 12.4 Å². The molecular formula is C18H18N4O6. The Morgan fingerprint density at radius 3 is 1.50 bits per heavy atom. The molecule has 6 N–H and O–H groups in total. The van der Waals surface area contributed by atoms with Crippen molar-refractivity contribution in [1.82, 2.24) is 10.9 Å². The second-order valence-electron chi connectivity index (χ2n) is 5.57. The predicted octanol–water partition coefficient (Wildman–Crippen LogP) is 0.890. The van der Waals surface area contributed by atoms with Gasteiger partial charge in [-0.2, -0.15) is 10.2 Å². The first kappa shape index (κ1) is 20.2. The summed E-state index contributed by atoms with van der Waals surface area (Å²) in [5.41, 5.74) is 5.00. The predicted molar refractivity (Wildman–Crippen MR) is 100 cm³/mol. The number of hydrogen-bond acceptors (Lipinski definition) is 8. The molecule has 0 aromatic heterocycles. The number of rotatable bonds is 7. The third kappa shape index (κ3) is 6.33. The van der Waals surface area contributed by atoms with Gasteiger partial charge in [0.1, 0.15) is 23.0 Å². The van der Waals surface area contributed by atoms with Crippen molar-refractivity contribution in [3.8, 4) is 23.0 Å². The highest BCUT2D eigenvalue weighted by Gasteiger charge is 2.06. The Morgan fingerprint density at radius 2 is 1.14 bits per heavy atom. The van der Waals surface area contributed by atoms with Gasteiger partial charge in [-0.25, -0.2) is 10.9 Å². The number of nitrogens with zero attached hydrogens (tertiary/aromatic N) is 2. The fourth-order valence-electron chi connectivity index (χ4n) is 1.97. The molecule has 0 unspecified atom stereocenters. The van der Waals surface area contributed by atoms with Crippen molar-refractivity contribution in [2.24, 2.45) is 10.2 Å². The highest BCUT2D eigenvalue weighted by molar-refractivity contribution is 5.88. The quantitative estimate of drug-likeness (QED) is 0.306. The molecule has 0 fully saturated rings. The van der Waals surface area contributed by atoms with Crippen LogP contribution in [0.4, 0.5) is 0 Å². The van der Waals surface area contributed by atoms with Crippen molar-refractivity contribution in [2.45, 2.75) is 12.8 Å². The smallest absolute Gasteiger partial charge is 0.240 e. The standard InChI is InChI=1S/C18H18N4O6/c23-13-3-1-11(15(25)7-13)9-19-21-17(27)5-6-18(28)22-20-10-12-2-4-14(24)8-16(12)26/h1-4,7-10,23-26H,5-6H2,(H,21,27)(H,22,28)/b19-9-,20-10-. The van der Waals surface area contributed by atoms with E-state index in [4.69, 9.17) is 0 Å². The topological polar surface area (TPSA) is 164 Å². The molecule has 0 spiro atoms. The lowest BCUT2D eigenvalue weighted by molar-refractivity contribution is -0.126. The van der Waals surface area contributed by atoms with Gasteiger partial charge in [0.2, 0.25) is 11.8 Å². The summed E-state index contributed by atoms with van der Waals surface area (Å²) in [6.45, 7) is 0. The van der Waals surface area contributed by atoms with Gasteiger partial charge >= 0.3 is 0 Å². The van der Waals surface area contributed by atoms with Gasteiger partial charge in [-0.1, -0.05) is 0 Å². The van der Waals surface area contributed by atoms with Crippen LogP contribution in [0.25, 0.3) is 0 Å². The second kappa shape index (κ2) is 9.57. The van der Waals surface area contributed by atoms with Crippen LogP contribution in [0.2, 0.25) is 0 Å². The van der Waals surface area contributed by atoms with E-state index in [-0.39, 0.29) is 35.8 Å². The number of aromatic hydroxyl groups is 4. The molecule has 10 nitrogen and oxygen atoms in total. The number of carbonyl (C=O) groups excluding carboxylic acids is 2. The van der Waals surface area contributed by atoms with Crippen LogP contribution >= 0.6 is 0 Å². The number of hydrazone groups is 2. The molecule has 0 atom stereocenters. The molecule has 0 saturated carbocycles. The van der Waals surface area contributed by atoms with Crippen LogP contribution in [0.5, 0.6) is 23.0 Å². The van der Waals surface area contributed by atoms with Crippen LogP contribution in [0.1, 0.15) is 24.0 Å². The minimum absolute atomic E-state index is 0.104. The maximum atomic E-state index is 11.6. The Balaban J connectivity index is 1.73. The maximum Gasteiger partial charge on any atom is 0.240 e. The first-order chi connectivity index (χ1) is 13.3. The maximum absolute atomic E-state index is 11.6. The minimum Gasteiger partial charge on any atom is -0.508 e. The number of benzene rings is 2. The van der Waals surface area contributed by atoms with Gasteiger partial charge in [-0.3, -0.25) is 9.59 Å². The number of phenolic OH excluding ortho intramolecular Hbond substituents is 4. The molecule has 0 radical (unpaired) electrons. The molecule has 146 valence electrons. The van der Waals surface area contributed by atoms with Crippen LogP contribution in [0, 0.1) is 0 Å². The van der Waals surface area contributed by atoms with Crippen LogP contribution in [0.15, 0.2) is 46.6 Å². The van der Waals surface area contributed by atoms with Crippen molar-refractivity contribution in [3.63, 3.8) is 0 Å². The highest BCUT2D eigenvalue weighted by atomic mass is 16.3. The molecule has 0 aliphatic carbocycles. The van der Waals surface area contributed by atoms with Gasteiger partial charge in [-0.15, -0.1) is 0 Å². The van der Waals surface area contributed by atoms with Gasteiger partial charge < -0.3 is 20.4 Å². The average Bonchev–Trinajstić information content (AvgIpc) is 2.63. The van der Waals surface area contributed by atoms with E-state index in [0.717, 1.165) is 12.1 Å². The summed E-state index contributed by atoms with van der Waals surface area (Å²) in [6.07, 6.45) is 2.10. The second-order valence-corrected chi connectivity index (χ2v) is 5.57. The van der Waals surface area contributed by atoms with E-state index in [1.165, 1.54) is 36.7 Å². The van der Waals surface area contributed by atoms with Crippen LogP contribution in [-0.2, 0) is 9.59 Å². The summed E-state index contributed by atoms with van der Waals surface area (Å²) >= 11 is 0. The molecule has 2 rings (SSSR count). The Hall–Kier alpha value is -4.08. The number of phenols is 4. The third-order valence-corrected chi connectivity index (χ3v) is 3.39. The fourth-order valence-corrected chi connectivity index (χ4v) is 1.97. The van der Waals surface area contributed by atoms with Gasteiger partial charge in [0.25, 0.3) is 0 Å². The molecule has 10 heteroatoms. The van der Waals surface area contributed by atoms with Gasteiger partial charge in [-0.05, 0) is 24.3 Å². The van der Waals surface area contributed by atoms with Crippen molar-refractivity contribution < 1.29 is 30.0 Å². The summed E-state index contributed by atoms with van der Waals surface area (Å²) in [6, 6.07) is 7.80. The Labute approximate surface area is 159 Å². The Morgan fingerprint density at radius 1 is 0.750 bits per heavy atom. The molecule has 2 aromatic carbocycles. The first-order valence-corrected chi connectivity index (χ1v) is 8.03. The minimum atomic E-state index is -0.523. The molecule has 2 aromatic rings. The lowest BCUT2D eigenvalue weighted by Crippen LogP contribution is -2.22. The summed E-state index contributed by atoms with van der Waals surface area (Å²) in [5, 5.41) is 44.8. The van der Waals surface area contributed by atoms with Crippen LogP contribution in [0.3, 0.4) is 0 Å². The zero-order valence-electron chi connectivity index (χ0n) is 14.5. The zero-order chi connectivity index (χ0) is 20.5. The van der Waals surface area contributed by atoms with Crippen molar-refractivity contribution in [2.75, 3.05) is 0 Å². The monoisotopic (exact) mass is 386 g/mol. The molecule has 0 saturated heterocycles. The summed E-state index contributed by atoms with van der Waals surface area (Å²) < 4.78 is 0. The van der Waals surface area contributed by atoms with E-state index in [1.54, 1.807) is 0 Å². The molecule has 0 heterocycles. The van der Waals surface area contributed by atoms with E-state index in [1.807, 2.05) is 0 Å². The summed E-state index contributed by atoms with van der Waals surface area (Å²) in [4.78, 5) is 23.3. The molecule has 0 bridgehead atoms. The molecule has 0 aliphatic heterocycles. The van der Waals surface area contributed by atoms with Crippen molar-refractivity contribution in [1.29, 1.82) is 0 Å². The van der Waals surface area contributed by atoms with Gasteiger partial charge in [0, 0.05) is 36.1 Å². The summed E-state index contributed by atoms with van der Waals surface area (Å²) in [5.74, 6) is -1.65. The number of amides is 2. The van der Waals surface area contributed by atoms with Crippen LogP contribution in [-0.4, -0.2) is 44.7 Å². The van der Waals surface area contributed by atoms with E-state index in [9.17, 15) is 30.0 Å². The zero-order valence-corrected chi connectivity index (χ0v) is 14.5. The van der Waals surface area contributed by atoms with E-state index >= 15 is 0 Å². The Bertz CT molecular complexity index is 851. The molecule has 28 heavy (non-hydrogen) atoms. The lowest BCUT2D eigenvalue weighted by atomic mass is 10.2. The van der Waals surface area contributed by atoms with E-state index in [0.29, 0.717) is 11.1 Å². The van der Waals surface area contributed by atoms with Crippen LogP contribution < -0.4 is 10.9 Å². The van der Waals surface area contributed by atoms with E-state index < -0.39 is 11.8 Å². The van der Waals surface area contributed by atoms with Crippen molar-refractivity contribution >= 4 is 24.2 Å². The summed E-state index contributed by atoms with van der Waals surface area (Å²) in [7, 11) is 0. The highest BCUT2D eigenvalue weighted by Crippen LogP contribution is 2.21. The normalized spacial score (nSPS) is 11.0. The first-order valence-electron chi connectivity index (χ1n) is 8.03. The molecule has 0 aliphatic rings.